The summed E-state index contributed by atoms with van der Waals surface area (Å²) in [5, 5.41) is 7.34. The van der Waals surface area contributed by atoms with Crippen LogP contribution in [0.25, 0.3) is 0 Å². The van der Waals surface area contributed by atoms with Gasteiger partial charge >= 0.3 is 0 Å². The molecule has 4 nitrogen and oxygen atoms in total. The van der Waals surface area contributed by atoms with Gasteiger partial charge in [-0.2, -0.15) is 0 Å². The molecule has 64 valence electrons. The predicted molar refractivity (Wildman–Crippen MR) is 44.8 cm³/mol. The number of hydrogen-bond donors (Lipinski definition) is 0. The molecule has 0 spiro atoms. The van der Waals surface area contributed by atoms with Crippen molar-refractivity contribution in [2.24, 2.45) is 7.05 Å². The molecule has 12 heavy (non-hydrogen) atoms. The van der Waals surface area contributed by atoms with E-state index in [9.17, 15) is 4.79 Å². The first-order valence-corrected chi connectivity index (χ1v) is 3.81. The van der Waals surface area contributed by atoms with Gasteiger partial charge in [0, 0.05) is 7.05 Å². The number of ketones is 1. The number of rotatable bonds is 3. The molecule has 0 amide bonds. The standard InChI is InChI=1S/C8H11N3O/c1-3-4-5-8(12)7-6-11(2)10-9-7/h4-6H,3H2,1-2H3/b5-4+. The fraction of sp³-hybridized carbons (Fsp3) is 0.375. The third-order valence-electron chi connectivity index (χ3n) is 1.36. The average molecular weight is 165 g/mol. The van der Waals surface area contributed by atoms with Crippen LogP contribution < -0.4 is 0 Å². The van der Waals surface area contributed by atoms with Crippen molar-refractivity contribution in [1.82, 2.24) is 15.0 Å². The Bertz CT molecular complexity index is 301. The summed E-state index contributed by atoms with van der Waals surface area (Å²) in [6.45, 7) is 1.97. The summed E-state index contributed by atoms with van der Waals surface area (Å²) >= 11 is 0. The molecular weight excluding hydrogens is 154 g/mol. The van der Waals surface area contributed by atoms with Crippen LogP contribution in [0.3, 0.4) is 0 Å². The summed E-state index contributed by atoms with van der Waals surface area (Å²) in [5.74, 6) is -0.0926. The second-order valence-corrected chi connectivity index (χ2v) is 2.45. The first-order valence-electron chi connectivity index (χ1n) is 3.81. The summed E-state index contributed by atoms with van der Waals surface area (Å²) in [6, 6.07) is 0. The molecule has 0 saturated carbocycles. The van der Waals surface area contributed by atoms with Gasteiger partial charge in [-0.3, -0.25) is 9.48 Å². The lowest BCUT2D eigenvalue weighted by Gasteiger charge is -1.83. The molecule has 4 heteroatoms. The number of aryl methyl sites for hydroxylation is 1. The summed E-state index contributed by atoms with van der Waals surface area (Å²) < 4.78 is 1.51. The van der Waals surface area contributed by atoms with Crippen molar-refractivity contribution in [3.63, 3.8) is 0 Å². The SMILES string of the molecule is CC/C=C/C(=O)c1cn(C)nn1. The molecule has 0 saturated heterocycles. The van der Waals surface area contributed by atoms with Gasteiger partial charge in [0.15, 0.2) is 5.69 Å². The van der Waals surface area contributed by atoms with Crippen LogP contribution in [-0.2, 0) is 7.05 Å². The largest absolute Gasteiger partial charge is 0.287 e. The van der Waals surface area contributed by atoms with Gasteiger partial charge in [-0.25, -0.2) is 0 Å². The van der Waals surface area contributed by atoms with Gasteiger partial charge in [0.25, 0.3) is 0 Å². The van der Waals surface area contributed by atoms with Crippen LogP contribution in [0.5, 0.6) is 0 Å². The third kappa shape index (κ3) is 2.02. The maximum Gasteiger partial charge on any atom is 0.207 e. The van der Waals surface area contributed by atoms with E-state index in [1.54, 1.807) is 19.3 Å². The molecule has 0 fully saturated rings. The molecule has 0 aliphatic carbocycles. The molecule has 1 heterocycles. The molecular formula is C8H11N3O. The summed E-state index contributed by atoms with van der Waals surface area (Å²) in [5.41, 5.74) is 0.391. The molecule has 0 radical (unpaired) electrons. The lowest BCUT2D eigenvalue weighted by Crippen LogP contribution is -1.93. The van der Waals surface area contributed by atoms with Gasteiger partial charge in [-0.15, -0.1) is 5.10 Å². The Labute approximate surface area is 70.9 Å². The lowest BCUT2D eigenvalue weighted by molar-refractivity contribution is 0.104. The highest BCUT2D eigenvalue weighted by Crippen LogP contribution is 1.95. The van der Waals surface area contributed by atoms with Gasteiger partial charge in [0.2, 0.25) is 5.78 Å². The molecule has 1 aromatic heterocycles. The monoisotopic (exact) mass is 165 g/mol. The summed E-state index contributed by atoms with van der Waals surface area (Å²) in [7, 11) is 1.73. The van der Waals surface area contributed by atoms with Crippen LogP contribution in [0, 0.1) is 0 Å². The number of hydrogen-bond acceptors (Lipinski definition) is 3. The Hall–Kier alpha value is -1.45. The molecule has 0 unspecified atom stereocenters. The van der Waals surface area contributed by atoms with Crippen molar-refractivity contribution in [1.29, 1.82) is 0 Å². The van der Waals surface area contributed by atoms with E-state index < -0.39 is 0 Å². The highest BCUT2D eigenvalue weighted by Gasteiger charge is 2.04. The van der Waals surface area contributed by atoms with Crippen LogP contribution in [0.1, 0.15) is 23.8 Å². The van der Waals surface area contributed by atoms with Crippen LogP contribution in [0.2, 0.25) is 0 Å². The van der Waals surface area contributed by atoms with E-state index >= 15 is 0 Å². The van der Waals surface area contributed by atoms with Gasteiger partial charge < -0.3 is 0 Å². The minimum absolute atomic E-state index is 0.0926. The van der Waals surface area contributed by atoms with Gasteiger partial charge in [-0.05, 0) is 12.5 Å². The fourth-order valence-corrected chi connectivity index (χ4v) is 0.771. The molecule has 0 bridgehead atoms. The van der Waals surface area contributed by atoms with Crippen molar-refractivity contribution in [3.8, 4) is 0 Å². The smallest absolute Gasteiger partial charge is 0.207 e. The number of carbonyl (C=O) groups excluding carboxylic acids is 1. The predicted octanol–water partition coefficient (Wildman–Crippen LogP) is 0.964. The summed E-state index contributed by atoms with van der Waals surface area (Å²) in [6.07, 6.45) is 5.77. The van der Waals surface area contributed by atoms with Crippen LogP contribution >= 0.6 is 0 Å². The number of aromatic nitrogens is 3. The molecule has 1 rings (SSSR count). The van der Waals surface area contributed by atoms with E-state index in [0.29, 0.717) is 5.69 Å². The zero-order valence-corrected chi connectivity index (χ0v) is 7.19. The van der Waals surface area contributed by atoms with E-state index in [1.165, 1.54) is 10.8 Å². The van der Waals surface area contributed by atoms with Crippen LogP contribution in [0.15, 0.2) is 18.3 Å². The molecule has 1 aromatic rings. The highest BCUT2D eigenvalue weighted by atomic mass is 16.1. The Morgan fingerprint density at radius 3 is 3.00 bits per heavy atom. The zero-order chi connectivity index (χ0) is 8.97. The summed E-state index contributed by atoms with van der Waals surface area (Å²) in [4.78, 5) is 11.2. The average Bonchev–Trinajstić information content (AvgIpc) is 2.47. The van der Waals surface area contributed by atoms with Crippen molar-refractivity contribution in [2.75, 3.05) is 0 Å². The van der Waals surface area contributed by atoms with E-state index in [1.807, 2.05) is 6.92 Å². The van der Waals surface area contributed by atoms with Crippen molar-refractivity contribution >= 4 is 5.78 Å². The fourth-order valence-electron chi connectivity index (χ4n) is 0.771. The molecule has 0 aliphatic heterocycles. The highest BCUT2D eigenvalue weighted by molar-refractivity contribution is 6.02. The van der Waals surface area contributed by atoms with Crippen molar-refractivity contribution in [3.05, 3.63) is 24.0 Å². The maximum atomic E-state index is 11.2. The van der Waals surface area contributed by atoms with E-state index in [0.717, 1.165) is 6.42 Å². The van der Waals surface area contributed by atoms with Gasteiger partial charge in [-0.1, -0.05) is 18.2 Å². The molecule has 0 aliphatic rings. The first-order chi connectivity index (χ1) is 5.74. The second kappa shape index (κ2) is 3.80. The van der Waals surface area contributed by atoms with E-state index in [2.05, 4.69) is 10.3 Å². The van der Waals surface area contributed by atoms with Crippen LogP contribution in [-0.4, -0.2) is 20.8 Å². The van der Waals surface area contributed by atoms with Crippen molar-refractivity contribution in [2.45, 2.75) is 13.3 Å². The Morgan fingerprint density at radius 2 is 2.50 bits per heavy atom. The van der Waals surface area contributed by atoms with Gasteiger partial charge in [0.1, 0.15) is 0 Å². The first kappa shape index (κ1) is 8.64. The minimum Gasteiger partial charge on any atom is -0.287 e. The minimum atomic E-state index is -0.0926. The quantitative estimate of drug-likeness (QED) is 0.495. The maximum absolute atomic E-state index is 11.2. The Balaban J connectivity index is 2.72. The van der Waals surface area contributed by atoms with Crippen LogP contribution in [0.4, 0.5) is 0 Å². The zero-order valence-electron chi connectivity index (χ0n) is 7.19. The lowest BCUT2D eigenvalue weighted by atomic mass is 10.2. The Morgan fingerprint density at radius 1 is 1.75 bits per heavy atom. The number of carbonyl (C=O) groups is 1. The molecule has 0 aromatic carbocycles. The van der Waals surface area contributed by atoms with E-state index in [-0.39, 0.29) is 5.78 Å². The van der Waals surface area contributed by atoms with Crippen molar-refractivity contribution < 1.29 is 4.79 Å². The normalized spacial score (nSPS) is 10.8. The van der Waals surface area contributed by atoms with Gasteiger partial charge in [0.05, 0.1) is 6.20 Å². The molecule has 0 atom stereocenters. The topological polar surface area (TPSA) is 47.8 Å². The Kier molecular flexibility index (Phi) is 2.74. The second-order valence-electron chi connectivity index (χ2n) is 2.45. The number of nitrogens with zero attached hydrogens (tertiary/aromatic N) is 3. The van der Waals surface area contributed by atoms with E-state index in [4.69, 9.17) is 0 Å². The number of allylic oxidation sites excluding steroid dienone is 2. The molecule has 0 N–H and O–H groups in total. The third-order valence-corrected chi connectivity index (χ3v) is 1.36.